The van der Waals surface area contributed by atoms with Crippen LogP contribution in [0.15, 0.2) is 42.6 Å². The minimum Gasteiger partial charge on any atom is -0.477 e. The van der Waals surface area contributed by atoms with Crippen molar-refractivity contribution in [3.8, 4) is 17.1 Å². The third kappa shape index (κ3) is 4.26. The van der Waals surface area contributed by atoms with Crippen LogP contribution in [0.2, 0.25) is 0 Å². The molecule has 0 unspecified atom stereocenters. The quantitative estimate of drug-likeness (QED) is 0.625. The summed E-state index contributed by atoms with van der Waals surface area (Å²) in [7, 11) is 2.17. The SMILES string of the molecule is CN1CCN(CCCOc2ccc3ncc(-c4ccc(F)cc4)n3n2)CC1. The van der Waals surface area contributed by atoms with Gasteiger partial charge in [-0.2, -0.15) is 0 Å². The van der Waals surface area contributed by atoms with E-state index < -0.39 is 0 Å². The van der Waals surface area contributed by atoms with Crippen molar-refractivity contribution in [2.45, 2.75) is 6.42 Å². The van der Waals surface area contributed by atoms with E-state index in [-0.39, 0.29) is 5.82 Å². The topological polar surface area (TPSA) is 45.9 Å². The van der Waals surface area contributed by atoms with Crippen molar-refractivity contribution >= 4 is 5.65 Å². The van der Waals surface area contributed by atoms with Crippen LogP contribution >= 0.6 is 0 Å². The van der Waals surface area contributed by atoms with Gasteiger partial charge in [0.2, 0.25) is 5.88 Å². The van der Waals surface area contributed by atoms with Crippen LogP contribution < -0.4 is 4.74 Å². The lowest BCUT2D eigenvalue weighted by Crippen LogP contribution is -2.44. The first-order valence-corrected chi connectivity index (χ1v) is 9.33. The summed E-state index contributed by atoms with van der Waals surface area (Å²) in [5.41, 5.74) is 2.41. The largest absolute Gasteiger partial charge is 0.477 e. The van der Waals surface area contributed by atoms with E-state index in [9.17, 15) is 4.39 Å². The minimum atomic E-state index is -0.259. The normalized spacial score (nSPS) is 16.1. The molecule has 1 saturated heterocycles. The molecule has 0 bridgehead atoms. The molecule has 7 heteroatoms. The van der Waals surface area contributed by atoms with Crippen molar-refractivity contribution in [2.24, 2.45) is 0 Å². The first-order chi connectivity index (χ1) is 13.2. The Morgan fingerprint density at radius 1 is 1.04 bits per heavy atom. The zero-order valence-electron chi connectivity index (χ0n) is 15.5. The lowest BCUT2D eigenvalue weighted by molar-refractivity contribution is 0.145. The van der Waals surface area contributed by atoms with Crippen LogP contribution in [0, 0.1) is 5.82 Å². The van der Waals surface area contributed by atoms with Crippen molar-refractivity contribution in [1.29, 1.82) is 0 Å². The number of benzene rings is 1. The molecule has 0 aliphatic carbocycles. The second kappa shape index (κ2) is 8.02. The average molecular weight is 369 g/mol. The van der Waals surface area contributed by atoms with Gasteiger partial charge in [0, 0.05) is 44.4 Å². The number of rotatable bonds is 6. The highest BCUT2D eigenvalue weighted by Gasteiger charge is 2.13. The fourth-order valence-corrected chi connectivity index (χ4v) is 3.29. The number of aromatic nitrogens is 3. The van der Waals surface area contributed by atoms with E-state index >= 15 is 0 Å². The Labute approximate surface area is 158 Å². The summed E-state index contributed by atoms with van der Waals surface area (Å²) in [5, 5.41) is 4.55. The molecule has 1 aliphatic rings. The fourth-order valence-electron chi connectivity index (χ4n) is 3.29. The van der Waals surface area contributed by atoms with Gasteiger partial charge in [-0.1, -0.05) is 0 Å². The summed E-state index contributed by atoms with van der Waals surface area (Å²) in [5.74, 6) is 0.312. The zero-order valence-corrected chi connectivity index (χ0v) is 15.5. The molecule has 1 aromatic carbocycles. The molecule has 1 fully saturated rings. The van der Waals surface area contributed by atoms with Crippen LogP contribution in [0.5, 0.6) is 5.88 Å². The highest BCUT2D eigenvalue weighted by Crippen LogP contribution is 2.21. The Bertz CT molecular complexity index is 887. The third-order valence-electron chi connectivity index (χ3n) is 4.94. The van der Waals surface area contributed by atoms with Gasteiger partial charge >= 0.3 is 0 Å². The molecule has 0 N–H and O–H groups in total. The molecule has 0 amide bonds. The zero-order chi connectivity index (χ0) is 18.6. The van der Waals surface area contributed by atoms with Gasteiger partial charge in [-0.15, -0.1) is 5.10 Å². The molecule has 0 radical (unpaired) electrons. The van der Waals surface area contributed by atoms with Crippen molar-refractivity contribution < 1.29 is 9.13 Å². The van der Waals surface area contributed by atoms with Crippen LogP contribution in [-0.4, -0.2) is 70.8 Å². The number of piperazine rings is 1. The van der Waals surface area contributed by atoms with Crippen LogP contribution in [-0.2, 0) is 0 Å². The Morgan fingerprint density at radius 3 is 2.59 bits per heavy atom. The van der Waals surface area contributed by atoms with E-state index in [1.165, 1.54) is 12.1 Å². The van der Waals surface area contributed by atoms with Gasteiger partial charge < -0.3 is 14.5 Å². The van der Waals surface area contributed by atoms with Crippen LogP contribution in [0.25, 0.3) is 16.9 Å². The number of halogens is 1. The summed E-state index contributed by atoms with van der Waals surface area (Å²) in [6, 6.07) is 10.1. The van der Waals surface area contributed by atoms with Crippen LogP contribution in [0.4, 0.5) is 4.39 Å². The van der Waals surface area contributed by atoms with Crippen molar-refractivity contribution in [1.82, 2.24) is 24.4 Å². The number of hydrogen-bond donors (Lipinski definition) is 0. The molecule has 0 saturated carbocycles. The second-order valence-corrected chi connectivity index (χ2v) is 6.94. The molecule has 1 aliphatic heterocycles. The standard InChI is InChI=1S/C20H24FN5O/c1-24-10-12-25(13-11-24)9-2-14-27-20-8-7-19-22-15-18(26(19)23-20)16-3-5-17(21)6-4-16/h3-8,15H,2,9-14H2,1H3. The molecular weight excluding hydrogens is 345 g/mol. The summed E-state index contributed by atoms with van der Waals surface area (Å²) in [6.07, 6.45) is 2.71. The van der Waals surface area contributed by atoms with Gasteiger partial charge in [-0.05, 0) is 43.8 Å². The maximum atomic E-state index is 13.2. The smallest absolute Gasteiger partial charge is 0.231 e. The summed E-state index contributed by atoms with van der Waals surface area (Å²) >= 11 is 0. The predicted octanol–water partition coefficient (Wildman–Crippen LogP) is 2.55. The molecule has 3 heterocycles. The first kappa shape index (κ1) is 17.9. The first-order valence-electron chi connectivity index (χ1n) is 9.33. The van der Waals surface area contributed by atoms with Gasteiger partial charge in [-0.25, -0.2) is 13.9 Å². The minimum absolute atomic E-state index is 0.259. The van der Waals surface area contributed by atoms with Gasteiger partial charge in [-0.3, -0.25) is 0 Å². The highest BCUT2D eigenvalue weighted by atomic mass is 19.1. The number of nitrogens with zero attached hydrogens (tertiary/aromatic N) is 5. The van der Waals surface area contributed by atoms with E-state index in [4.69, 9.17) is 4.74 Å². The number of fused-ring (bicyclic) bond motifs is 1. The lowest BCUT2D eigenvalue weighted by Gasteiger charge is -2.32. The molecule has 3 aromatic rings. The molecule has 142 valence electrons. The number of imidazole rings is 1. The summed E-state index contributed by atoms with van der Waals surface area (Å²) < 4.78 is 20.8. The third-order valence-corrected chi connectivity index (χ3v) is 4.94. The second-order valence-electron chi connectivity index (χ2n) is 6.94. The average Bonchev–Trinajstić information content (AvgIpc) is 3.10. The van der Waals surface area contributed by atoms with E-state index in [0.29, 0.717) is 12.5 Å². The Hall–Kier alpha value is -2.51. The maximum Gasteiger partial charge on any atom is 0.231 e. The molecule has 0 atom stereocenters. The van der Waals surface area contributed by atoms with E-state index in [1.54, 1.807) is 22.8 Å². The molecule has 4 rings (SSSR count). The Balaban J connectivity index is 1.38. The van der Waals surface area contributed by atoms with Gasteiger partial charge in [0.25, 0.3) is 0 Å². The lowest BCUT2D eigenvalue weighted by atomic mass is 10.2. The van der Waals surface area contributed by atoms with E-state index in [1.807, 2.05) is 12.1 Å². The Kier molecular flexibility index (Phi) is 5.31. The molecule has 0 spiro atoms. The number of likely N-dealkylation sites (N-methyl/N-ethyl adjacent to an activating group) is 1. The molecule has 6 nitrogen and oxygen atoms in total. The van der Waals surface area contributed by atoms with Crippen molar-refractivity contribution in [2.75, 3.05) is 46.4 Å². The van der Waals surface area contributed by atoms with Gasteiger partial charge in [0.05, 0.1) is 18.5 Å². The molecule has 2 aromatic heterocycles. The van der Waals surface area contributed by atoms with Crippen LogP contribution in [0.3, 0.4) is 0 Å². The summed E-state index contributed by atoms with van der Waals surface area (Å²) in [6.45, 7) is 6.18. The highest BCUT2D eigenvalue weighted by molar-refractivity contribution is 5.62. The number of ether oxygens (including phenoxy) is 1. The van der Waals surface area contributed by atoms with Gasteiger partial charge in [0.15, 0.2) is 5.65 Å². The van der Waals surface area contributed by atoms with Crippen LogP contribution in [0.1, 0.15) is 6.42 Å². The fraction of sp³-hybridized carbons (Fsp3) is 0.400. The number of hydrogen-bond acceptors (Lipinski definition) is 5. The maximum absolute atomic E-state index is 13.2. The van der Waals surface area contributed by atoms with Crippen molar-refractivity contribution in [3.05, 3.63) is 48.4 Å². The van der Waals surface area contributed by atoms with E-state index in [2.05, 4.69) is 26.9 Å². The molecular formula is C20H24FN5O. The van der Waals surface area contributed by atoms with Crippen molar-refractivity contribution in [3.63, 3.8) is 0 Å². The Morgan fingerprint density at radius 2 is 1.81 bits per heavy atom. The summed E-state index contributed by atoms with van der Waals surface area (Å²) in [4.78, 5) is 9.19. The van der Waals surface area contributed by atoms with Gasteiger partial charge in [0.1, 0.15) is 5.82 Å². The predicted molar refractivity (Wildman–Crippen MR) is 102 cm³/mol. The monoisotopic (exact) mass is 369 g/mol. The van der Waals surface area contributed by atoms with E-state index in [0.717, 1.165) is 56.0 Å². The molecule has 27 heavy (non-hydrogen) atoms.